The molecule has 0 amide bonds. The van der Waals surface area contributed by atoms with Crippen LogP contribution < -0.4 is 0 Å². The Labute approximate surface area is 211 Å². The van der Waals surface area contributed by atoms with Crippen LogP contribution in [0.4, 0.5) is 4.39 Å². The standard InChI is InChI=1S/C29H36FN3O3/c1-16-19-13-17(5-7-21(19)32-31-16)20-6-8-23-26(20,2)10-9-18-14-29(30)25(35)24(34)22(33(3)4)15-27(29)11-12-28(18,23)36-27/h5-7,9,13,22-25,34-35H,8,10-12,14-15H2,1-4H3,(H,31,32). The summed E-state index contributed by atoms with van der Waals surface area (Å²) in [6, 6.07) is 6.16. The molecule has 2 bridgehead atoms. The molecular weight excluding hydrogens is 457 g/mol. The van der Waals surface area contributed by atoms with Crippen LogP contribution in [0.1, 0.15) is 56.7 Å². The summed E-state index contributed by atoms with van der Waals surface area (Å²) in [6.07, 6.45) is 5.54. The molecule has 8 unspecified atom stereocenters. The van der Waals surface area contributed by atoms with Crippen molar-refractivity contribution >= 4 is 16.5 Å². The second-order valence-corrected chi connectivity index (χ2v) is 12.5. The van der Waals surface area contributed by atoms with Crippen molar-refractivity contribution < 1.29 is 19.3 Å². The summed E-state index contributed by atoms with van der Waals surface area (Å²) in [7, 11) is 3.76. The summed E-state index contributed by atoms with van der Waals surface area (Å²) >= 11 is 0. The highest BCUT2D eigenvalue weighted by Gasteiger charge is 2.76. The number of hydrogen-bond donors (Lipinski definition) is 3. The van der Waals surface area contributed by atoms with Gasteiger partial charge in [-0.2, -0.15) is 5.10 Å². The smallest absolute Gasteiger partial charge is 0.171 e. The van der Waals surface area contributed by atoms with Crippen LogP contribution in [0.3, 0.4) is 0 Å². The summed E-state index contributed by atoms with van der Waals surface area (Å²) in [5, 5.41) is 30.6. The van der Waals surface area contributed by atoms with Crippen molar-refractivity contribution in [3.8, 4) is 0 Å². The Morgan fingerprint density at radius 2 is 2.00 bits per heavy atom. The lowest BCUT2D eigenvalue weighted by Gasteiger charge is -2.61. The van der Waals surface area contributed by atoms with E-state index in [9.17, 15) is 10.2 Å². The monoisotopic (exact) mass is 493 g/mol. The lowest BCUT2D eigenvalue weighted by Crippen LogP contribution is -2.73. The third-order valence-corrected chi connectivity index (χ3v) is 10.7. The van der Waals surface area contributed by atoms with E-state index in [2.05, 4.69) is 54.4 Å². The van der Waals surface area contributed by atoms with Gasteiger partial charge in [0.05, 0.1) is 17.2 Å². The second-order valence-electron chi connectivity index (χ2n) is 12.5. The maximum atomic E-state index is 16.9. The molecule has 7 heteroatoms. The van der Waals surface area contributed by atoms with E-state index < -0.39 is 29.1 Å². The number of fused-ring (bicyclic) bond motifs is 2. The van der Waals surface area contributed by atoms with E-state index in [1.165, 1.54) is 11.1 Å². The molecule has 5 aliphatic rings. The third kappa shape index (κ3) is 2.58. The molecule has 2 aliphatic heterocycles. The average molecular weight is 494 g/mol. The van der Waals surface area contributed by atoms with Crippen LogP contribution in [0.5, 0.6) is 0 Å². The molecule has 36 heavy (non-hydrogen) atoms. The molecule has 3 fully saturated rings. The number of aliphatic hydroxyl groups is 2. The van der Waals surface area contributed by atoms with Gasteiger partial charge in [0.1, 0.15) is 11.7 Å². The van der Waals surface area contributed by atoms with E-state index in [1.54, 1.807) is 0 Å². The number of likely N-dealkylation sites (N-methyl/N-ethyl adjacent to an activating group) is 1. The van der Waals surface area contributed by atoms with Gasteiger partial charge in [0.25, 0.3) is 0 Å². The lowest BCUT2D eigenvalue weighted by atomic mass is 9.56. The van der Waals surface area contributed by atoms with Crippen molar-refractivity contribution in [3.05, 3.63) is 47.2 Å². The van der Waals surface area contributed by atoms with Gasteiger partial charge in [-0.05, 0) is 82.0 Å². The first-order valence-corrected chi connectivity index (χ1v) is 13.3. The highest BCUT2D eigenvalue weighted by Crippen LogP contribution is 2.70. The minimum Gasteiger partial charge on any atom is -0.389 e. The number of nitrogens with zero attached hydrogens (tertiary/aromatic N) is 2. The maximum Gasteiger partial charge on any atom is 0.171 e. The van der Waals surface area contributed by atoms with Gasteiger partial charge in [0.2, 0.25) is 0 Å². The van der Waals surface area contributed by atoms with Crippen LogP contribution in [0.25, 0.3) is 16.5 Å². The Hall–Kier alpha value is -2.06. The largest absolute Gasteiger partial charge is 0.389 e. The number of aliphatic hydroxyl groups excluding tert-OH is 2. The van der Waals surface area contributed by atoms with Gasteiger partial charge < -0.3 is 19.8 Å². The van der Waals surface area contributed by atoms with Crippen LogP contribution in [-0.2, 0) is 4.74 Å². The molecule has 6 nitrogen and oxygen atoms in total. The van der Waals surface area contributed by atoms with E-state index in [0.29, 0.717) is 12.8 Å². The molecule has 192 valence electrons. The van der Waals surface area contributed by atoms with Gasteiger partial charge >= 0.3 is 0 Å². The van der Waals surface area contributed by atoms with E-state index in [1.807, 2.05) is 19.0 Å². The average Bonchev–Trinajstić information content (AvgIpc) is 3.51. The Morgan fingerprint density at radius 3 is 2.78 bits per heavy atom. The van der Waals surface area contributed by atoms with Crippen molar-refractivity contribution in [2.24, 2.45) is 11.3 Å². The molecule has 0 radical (unpaired) electrons. The molecule has 2 aromatic rings. The summed E-state index contributed by atoms with van der Waals surface area (Å²) in [5.41, 5.74) is 1.90. The molecule has 1 saturated carbocycles. The van der Waals surface area contributed by atoms with Crippen LogP contribution in [0.15, 0.2) is 35.9 Å². The van der Waals surface area contributed by atoms with Crippen molar-refractivity contribution in [3.63, 3.8) is 0 Å². The number of aromatic nitrogens is 2. The number of H-pyrrole nitrogens is 1. The number of aryl methyl sites for hydroxylation is 1. The quantitative estimate of drug-likeness (QED) is 0.550. The molecule has 2 spiro atoms. The van der Waals surface area contributed by atoms with Crippen LogP contribution in [0, 0.1) is 18.3 Å². The molecule has 3 heterocycles. The van der Waals surface area contributed by atoms with Crippen LogP contribution in [0.2, 0.25) is 0 Å². The first kappa shape index (κ1) is 23.1. The second kappa shape index (κ2) is 7.07. The fourth-order valence-corrected chi connectivity index (χ4v) is 8.74. The number of ether oxygens (including phenoxy) is 1. The molecule has 2 saturated heterocycles. The Kier molecular flexibility index (Phi) is 4.53. The molecule has 8 atom stereocenters. The zero-order valence-electron chi connectivity index (χ0n) is 21.5. The van der Waals surface area contributed by atoms with E-state index in [4.69, 9.17) is 4.74 Å². The topological polar surface area (TPSA) is 81.6 Å². The van der Waals surface area contributed by atoms with E-state index in [-0.39, 0.29) is 23.8 Å². The van der Waals surface area contributed by atoms with Gasteiger partial charge in [-0.3, -0.25) is 5.10 Å². The zero-order valence-corrected chi connectivity index (χ0v) is 21.5. The molecule has 3 N–H and O–H groups in total. The highest BCUT2D eigenvalue weighted by molar-refractivity contribution is 5.87. The first-order valence-electron chi connectivity index (χ1n) is 13.3. The number of aromatic amines is 1. The van der Waals surface area contributed by atoms with Gasteiger partial charge in [-0.25, -0.2) is 4.39 Å². The van der Waals surface area contributed by atoms with Gasteiger partial charge in [-0.15, -0.1) is 0 Å². The lowest BCUT2D eigenvalue weighted by molar-refractivity contribution is -0.282. The first-order chi connectivity index (χ1) is 17.0. The fourth-order valence-electron chi connectivity index (χ4n) is 8.74. The van der Waals surface area contributed by atoms with Crippen LogP contribution in [-0.4, -0.2) is 74.5 Å². The number of allylic oxidation sites excluding steroid dienone is 3. The number of nitrogens with one attached hydrogen (secondary N) is 1. The minimum absolute atomic E-state index is 0.121. The Morgan fingerprint density at radius 1 is 1.19 bits per heavy atom. The molecule has 1 aromatic carbocycles. The molecule has 3 aliphatic carbocycles. The minimum atomic E-state index is -1.97. The summed E-state index contributed by atoms with van der Waals surface area (Å²) < 4.78 is 23.9. The van der Waals surface area contributed by atoms with Crippen molar-refractivity contribution in [2.45, 2.75) is 87.5 Å². The van der Waals surface area contributed by atoms with Gasteiger partial charge in [0, 0.05) is 34.9 Å². The Balaban J connectivity index is 1.30. The molecular formula is C29H36FN3O3. The fraction of sp³-hybridized carbons (Fsp3) is 0.621. The van der Waals surface area contributed by atoms with Crippen molar-refractivity contribution in [1.29, 1.82) is 0 Å². The van der Waals surface area contributed by atoms with Crippen molar-refractivity contribution in [2.75, 3.05) is 14.1 Å². The zero-order chi connectivity index (χ0) is 25.3. The third-order valence-electron chi connectivity index (χ3n) is 10.7. The number of rotatable bonds is 2. The molecule has 1 aromatic heterocycles. The van der Waals surface area contributed by atoms with Crippen LogP contribution >= 0.6 is 0 Å². The highest BCUT2D eigenvalue weighted by atomic mass is 19.1. The number of halogens is 1. The van der Waals surface area contributed by atoms with Gasteiger partial charge in [-0.1, -0.05) is 25.1 Å². The number of alkyl halides is 1. The summed E-state index contributed by atoms with van der Waals surface area (Å²) in [6.45, 7) is 4.40. The van der Waals surface area contributed by atoms with Crippen molar-refractivity contribution in [1.82, 2.24) is 15.1 Å². The summed E-state index contributed by atoms with van der Waals surface area (Å²) in [4.78, 5) is 1.90. The SMILES string of the molecule is Cc1[nH]nc2ccc(C3=CCC4C3(C)CC=C3CC5(F)C(O)C(O)C(N(C)C)CC56CCC34O6)cc12. The predicted octanol–water partition coefficient (Wildman–Crippen LogP) is 4.07. The van der Waals surface area contributed by atoms with E-state index in [0.717, 1.165) is 41.4 Å². The Bertz CT molecular complexity index is 1330. The predicted molar refractivity (Wildman–Crippen MR) is 136 cm³/mol. The molecule has 7 rings (SSSR count). The normalized spacial score (nSPS) is 45.3. The van der Waals surface area contributed by atoms with Gasteiger partial charge in [0.15, 0.2) is 5.67 Å². The number of hydrogen-bond acceptors (Lipinski definition) is 5. The van der Waals surface area contributed by atoms with E-state index >= 15 is 4.39 Å². The summed E-state index contributed by atoms with van der Waals surface area (Å²) in [5.74, 6) is 0.215. The maximum absolute atomic E-state index is 16.9. The number of benzene rings is 1.